The normalized spacial score (nSPS) is 10.2. The summed E-state index contributed by atoms with van der Waals surface area (Å²) in [7, 11) is 0. The molecule has 0 saturated heterocycles. The van der Waals surface area contributed by atoms with Gasteiger partial charge in [-0.15, -0.1) is 11.8 Å². The number of nitrogen functional groups attached to an aromatic ring is 1. The summed E-state index contributed by atoms with van der Waals surface area (Å²) in [6.07, 6.45) is 2.01. The van der Waals surface area contributed by atoms with Gasteiger partial charge in [0.2, 0.25) is 0 Å². The van der Waals surface area contributed by atoms with Gasteiger partial charge in [0.25, 0.3) is 5.91 Å². The van der Waals surface area contributed by atoms with Gasteiger partial charge in [-0.2, -0.15) is 0 Å². The van der Waals surface area contributed by atoms with Gasteiger partial charge in [0.15, 0.2) is 0 Å². The van der Waals surface area contributed by atoms with Gasteiger partial charge < -0.3 is 11.1 Å². The molecule has 0 heterocycles. The molecule has 0 spiro atoms. The molecular formula is C15H16N2OS. The molecule has 2 aromatic rings. The monoisotopic (exact) mass is 272 g/mol. The van der Waals surface area contributed by atoms with Crippen LogP contribution < -0.4 is 11.1 Å². The molecular weight excluding hydrogens is 256 g/mol. The average molecular weight is 272 g/mol. The summed E-state index contributed by atoms with van der Waals surface area (Å²) in [6.45, 7) is 1.88. The minimum Gasteiger partial charge on any atom is -0.399 e. The Morgan fingerprint density at radius 3 is 2.68 bits per heavy atom. The lowest BCUT2D eigenvalue weighted by Gasteiger charge is -2.09. The molecule has 0 aliphatic rings. The molecule has 2 aromatic carbocycles. The van der Waals surface area contributed by atoms with Gasteiger partial charge in [-0.05, 0) is 55.1 Å². The minimum absolute atomic E-state index is 0.115. The van der Waals surface area contributed by atoms with Crippen LogP contribution in [0.3, 0.4) is 0 Å². The van der Waals surface area contributed by atoms with Crippen molar-refractivity contribution >= 4 is 29.0 Å². The SMILES string of the molecule is CSc1cccc(NC(=O)c2ccc(N)cc2C)c1. The lowest BCUT2D eigenvalue weighted by atomic mass is 10.1. The third kappa shape index (κ3) is 3.29. The predicted molar refractivity (Wildman–Crippen MR) is 81.8 cm³/mol. The second-order valence-electron chi connectivity index (χ2n) is 4.26. The molecule has 4 heteroatoms. The summed E-state index contributed by atoms with van der Waals surface area (Å²) in [4.78, 5) is 13.3. The van der Waals surface area contributed by atoms with Crippen LogP contribution in [0, 0.1) is 6.92 Å². The Hall–Kier alpha value is -1.94. The van der Waals surface area contributed by atoms with Crippen molar-refractivity contribution in [3.63, 3.8) is 0 Å². The summed E-state index contributed by atoms with van der Waals surface area (Å²) in [6, 6.07) is 13.1. The molecule has 2 rings (SSSR count). The molecule has 1 amide bonds. The average Bonchev–Trinajstić information content (AvgIpc) is 2.38. The van der Waals surface area contributed by atoms with Crippen LogP contribution in [0.4, 0.5) is 11.4 Å². The zero-order valence-corrected chi connectivity index (χ0v) is 11.8. The maximum Gasteiger partial charge on any atom is 0.255 e. The molecule has 3 N–H and O–H groups in total. The molecule has 0 fully saturated rings. The first-order valence-electron chi connectivity index (χ1n) is 5.91. The van der Waals surface area contributed by atoms with Crippen LogP contribution in [0.15, 0.2) is 47.4 Å². The fourth-order valence-electron chi connectivity index (χ4n) is 1.84. The van der Waals surface area contributed by atoms with Crippen LogP contribution in [0.2, 0.25) is 0 Å². The number of carbonyl (C=O) groups excluding carboxylic acids is 1. The molecule has 0 saturated carbocycles. The van der Waals surface area contributed by atoms with Crippen LogP contribution >= 0.6 is 11.8 Å². The van der Waals surface area contributed by atoms with E-state index in [9.17, 15) is 4.79 Å². The number of anilines is 2. The van der Waals surface area contributed by atoms with E-state index in [-0.39, 0.29) is 5.91 Å². The summed E-state index contributed by atoms with van der Waals surface area (Å²) in [5.74, 6) is -0.115. The fourth-order valence-corrected chi connectivity index (χ4v) is 2.30. The van der Waals surface area contributed by atoms with Crippen molar-refractivity contribution < 1.29 is 4.79 Å². The number of thioether (sulfide) groups is 1. The number of rotatable bonds is 3. The van der Waals surface area contributed by atoms with Gasteiger partial charge in [-0.25, -0.2) is 0 Å². The Balaban J connectivity index is 2.20. The Bertz CT molecular complexity index is 611. The topological polar surface area (TPSA) is 55.1 Å². The Morgan fingerprint density at radius 2 is 2.00 bits per heavy atom. The highest BCUT2D eigenvalue weighted by molar-refractivity contribution is 7.98. The van der Waals surface area contributed by atoms with Crippen LogP contribution in [-0.4, -0.2) is 12.2 Å². The Labute approximate surface area is 117 Å². The fraction of sp³-hybridized carbons (Fsp3) is 0.133. The van der Waals surface area contributed by atoms with Crippen LogP contribution in [0.1, 0.15) is 15.9 Å². The maximum atomic E-state index is 12.2. The number of benzene rings is 2. The lowest BCUT2D eigenvalue weighted by molar-refractivity contribution is 0.102. The van der Waals surface area contributed by atoms with Gasteiger partial charge >= 0.3 is 0 Å². The van der Waals surface area contributed by atoms with E-state index in [4.69, 9.17) is 5.73 Å². The molecule has 0 atom stereocenters. The maximum absolute atomic E-state index is 12.2. The van der Waals surface area contributed by atoms with Gasteiger partial charge in [0.05, 0.1) is 0 Å². The Kier molecular flexibility index (Phi) is 4.12. The number of carbonyl (C=O) groups is 1. The molecule has 0 aliphatic heterocycles. The third-order valence-electron chi connectivity index (χ3n) is 2.82. The van der Waals surface area contributed by atoms with Gasteiger partial charge in [-0.1, -0.05) is 6.07 Å². The highest BCUT2D eigenvalue weighted by atomic mass is 32.2. The number of nitrogens with one attached hydrogen (secondary N) is 1. The van der Waals surface area contributed by atoms with E-state index in [1.165, 1.54) is 0 Å². The van der Waals surface area contributed by atoms with E-state index in [1.807, 2.05) is 37.4 Å². The van der Waals surface area contributed by atoms with E-state index >= 15 is 0 Å². The number of nitrogens with two attached hydrogens (primary N) is 1. The lowest BCUT2D eigenvalue weighted by Crippen LogP contribution is -2.13. The van der Waals surface area contributed by atoms with Gasteiger partial charge in [0, 0.05) is 21.8 Å². The molecule has 19 heavy (non-hydrogen) atoms. The molecule has 0 aromatic heterocycles. The summed E-state index contributed by atoms with van der Waals surface area (Å²) in [5, 5.41) is 2.90. The third-order valence-corrected chi connectivity index (χ3v) is 3.55. The van der Waals surface area contributed by atoms with E-state index in [2.05, 4.69) is 5.32 Å². The highest BCUT2D eigenvalue weighted by Gasteiger charge is 2.09. The van der Waals surface area contributed by atoms with Crippen molar-refractivity contribution in [1.82, 2.24) is 0 Å². The second-order valence-corrected chi connectivity index (χ2v) is 5.14. The molecule has 98 valence electrons. The van der Waals surface area contributed by atoms with E-state index in [0.29, 0.717) is 11.3 Å². The highest BCUT2D eigenvalue weighted by Crippen LogP contribution is 2.20. The van der Waals surface area contributed by atoms with Crippen LogP contribution in [0.25, 0.3) is 0 Å². The molecule has 3 nitrogen and oxygen atoms in total. The van der Waals surface area contributed by atoms with Crippen molar-refractivity contribution in [2.75, 3.05) is 17.3 Å². The Morgan fingerprint density at radius 1 is 1.21 bits per heavy atom. The van der Waals surface area contributed by atoms with Crippen LogP contribution in [-0.2, 0) is 0 Å². The van der Waals surface area contributed by atoms with Crippen molar-refractivity contribution in [3.8, 4) is 0 Å². The van der Waals surface area contributed by atoms with Crippen molar-refractivity contribution in [3.05, 3.63) is 53.6 Å². The van der Waals surface area contributed by atoms with Crippen LogP contribution in [0.5, 0.6) is 0 Å². The van der Waals surface area contributed by atoms with Crippen molar-refractivity contribution in [2.45, 2.75) is 11.8 Å². The zero-order valence-electron chi connectivity index (χ0n) is 10.9. The largest absolute Gasteiger partial charge is 0.399 e. The molecule has 0 aliphatic carbocycles. The zero-order chi connectivity index (χ0) is 13.8. The van der Waals surface area contributed by atoms with E-state index in [1.54, 1.807) is 30.0 Å². The number of amides is 1. The smallest absolute Gasteiger partial charge is 0.255 e. The molecule has 0 radical (unpaired) electrons. The molecule has 0 bridgehead atoms. The number of hydrogen-bond donors (Lipinski definition) is 2. The second kappa shape index (κ2) is 5.80. The predicted octanol–water partition coefficient (Wildman–Crippen LogP) is 3.55. The first-order chi connectivity index (χ1) is 9.10. The standard InChI is InChI=1S/C15H16N2OS/c1-10-8-11(16)6-7-14(10)15(18)17-12-4-3-5-13(9-12)19-2/h3-9H,16H2,1-2H3,(H,17,18). The van der Waals surface area contributed by atoms with E-state index in [0.717, 1.165) is 16.1 Å². The van der Waals surface area contributed by atoms with Gasteiger partial charge in [0.1, 0.15) is 0 Å². The first-order valence-corrected chi connectivity index (χ1v) is 7.14. The van der Waals surface area contributed by atoms with Crippen molar-refractivity contribution in [1.29, 1.82) is 0 Å². The quantitative estimate of drug-likeness (QED) is 0.663. The molecule has 0 unspecified atom stereocenters. The number of hydrogen-bond acceptors (Lipinski definition) is 3. The summed E-state index contributed by atoms with van der Waals surface area (Å²) >= 11 is 1.64. The van der Waals surface area contributed by atoms with E-state index < -0.39 is 0 Å². The first kappa shape index (κ1) is 13.5. The minimum atomic E-state index is -0.115. The summed E-state index contributed by atoms with van der Waals surface area (Å²) < 4.78 is 0. The summed E-state index contributed by atoms with van der Waals surface area (Å²) in [5.41, 5.74) is 8.66. The van der Waals surface area contributed by atoms with Crippen molar-refractivity contribution in [2.24, 2.45) is 0 Å². The number of aryl methyl sites for hydroxylation is 1. The van der Waals surface area contributed by atoms with Gasteiger partial charge in [-0.3, -0.25) is 4.79 Å².